The lowest BCUT2D eigenvalue weighted by Gasteiger charge is -2.26. The Balaban J connectivity index is 1.34. The van der Waals surface area contributed by atoms with Gasteiger partial charge >= 0.3 is 0 Å². The fourth-order valence-corrected chi connectivity index (χ4v) is 5.44. The van der Waals surface area contributed by atoms with Gasteiger partial charge in [0.05, 0.1) is 30.0 Å². The molecular formula is C30H30N2O5. The van der Waals surface area contributed by atoms with Gasteiger partial charge in [-0.3, -0.25) is 14.6 Å². The molecule has 2 atom stereocenters. The third-order valence-electron chi connectivity index (χ3n) is 7.25. The maximum absolute atomic E-state index is 13.2. The first-order valence-corrected chi connectivity index (χ1v) is 12.8. The maximum atomic E-state index is 13.2. The third-order valence-corrected chi connectivity index (χ3v) is 7.25. The van der Waals surface area contributed by atoms with Crippen molar-refractivity contribution in [3.8, 4) is 0 Å². The van der Waals surface area contributed by atoms with E-state index >= 15 is 0 Å². The number of aliphatic imine (C=N–C) groups is 1. The number of allylic oxidation sites excluding steroid dienone is 2. The molecule has 1 aromatic heterocycles. The second-order valence-electron chi connectivity index (χ2n) is 9.68. The topological polar surface area (TPSA) is 113 Å². The number of aliphatic hydroxyl groups excluding tert-OH is 2. The lowest BCUT2D eigenvalue weighted by molar-refractivity contribution is -0.116. The second-order valence-corrected chi connectivity index (χ2v) is 9.68. The van der Waals surface area contributed by atoms with Crippen molar-refractivity contribution in [1.29, 1.82) is 0 Å². The largest absolute Gasteiger partial charge is 0.511 e. The molecule has 0 spiro atoms. The summed E-state index contributed by atoms with van der Waals surface area (Å²) in [7, 11) is 0. The Morgan fingerprint density at radius 2 is 1.51 bits per heavy atom. The summed E-state index contributed by atoms with van der Waals surface area (Å²) in [6.45, 7) is 0.0215. The molecule has 0 amide bonds. The van der Waals surface area contributed by atoms with E-state index < -0.39 is 0 Å². The van der Waals surface area contributed by atoms with Crippen LogP contribution in [0.25, 0.3) is 0 Å². The molecule has 0 saturated heterocycles. The fourth-order valence-electron chi connectivity index (χ4n) is 5.44. The van der Waals surface area contributed by atoms with Gasteiger partial charge in [-0.05, 0) is 29.4 Å². The minimum Gasteiger partial charge on any atom is -0.511 e. The van der Waals surface area contributed by atoms with Gasteiger partial charge in [0.1, 0.15) is 11.5 Å². The van der Waals surface area contributed by atoms with E-state index in [1.165, 1.54) is 0 Å². The molecule has 5 rings (SSSR count). The first-order chi connectivity index (χ1) is 18.0. The highest BCUT2D eigenvalue weighted by Gasteiger charge is 2.34. The highest BCUT2D eigenvalue weighted by atomic mass is 16.5. The van der Waals surface area contributed by atoms with Crippen molar-refractivity contribution in [2.75, 3.05) is 13.2 Å². The van der Waals surface area contributed by atoms with Crippen molar-refractivity contribution in [3.05, 3.63) is 100 Å². The van der Waals surface area contributed by atoms with Crippen LogP contribution in [-0.4, -0.2) is 45.8 Å². The summed E-state index contributed by atoms with van der Waals surface area (Å²) in [6.07, 6.45) is 2.19. The van der Waals surface area contributed by atoms with Crippen LogP contribution < -0.4 is 0 Å². The number of aromatic nitrogens is 1. The molecule has 1 heterocycles. The molecule has 2 unspecified atom stereocenters. The van der Waals surface area contributed by atoms with Gasteiger partial charge < -0.3 is 14.7 Å². The summed E-state index contributed by atoms with van der Waals surface area (Å²) in [5.41, 5.74) is 3.92. The van der Waals surface area contributed by atoms with E-state index in [0.717, 1.165) is 11.1 Å². The highest BCUT2D eigenvalue weighted by Crippen LogP contribution is 2.36. The van der Waals surface area contributed by atoms with Gasteiger partial charge in [0.15, 0.2) is 11.6 Å². The number of nitrogens with zero attached hydrogens (tertiary/aromatic N) is 2. The van der Waals surface area contributed by atoms with Crippen LogP contribution in [0.5, 0.6) is 0 Å². The molecule has 7 nitrogen and oxygen atoms in total. The van der Waals surface area contributed by atoms with Gasteiger partial charge in [0.2, 0.25) is 0 Å². The van der Waals surface area contributed by atoms with Crippen LogP contribution in [0, 0.1) is 0 Å². The highest BCUT2D eigenvalue weighted by molar-refractivity contribution is 6.24. The smallest absolute Gasteiger partial charge is 0.168 e. The van der Waals surface area contributed by atoms with E-state index in [0.29, 0.717) is 42.0 Å². The molecule has 2 aliphatic rings. The number of fused-ring (bicyclic) bond motifs is 1. The Morgan fingerprint density at radius 3 is 2.16 bits per heavy atom. The Labute approximate surface area is 215 Å². The van der Waals surface area contributed by atoms with E-state index in [9.17, 15) is 19.8 Å². The minimum absolute atomic E-state index is 0.0110. The molecule has 1 saturated carbocycles. The molecule has 3 aromatic rings. The van der Waals surface area contributed by atoms with Crippen LogP contribution >= 0.6 is 0 Å². The number of benzene rings is 2. The normalized spacial score (nSPS) is 22.2. The third kappa shape index (κ3) is 5.32. The molecule has 7 heteroatoms. The van der Waals surface area contributed by atoms with Crippen molar-refractivity contribution >= 4 is 17.3 Å². The molecule has 37 heavy (non-hydrogen) atoms. The number of carbonyl (C=O) groups is 2. The first kappa shape index (κ1) is 24.8. The number of Topliss-reactive ketones (excluding diaryl/α,β-unsaturated/α-hetero) is 2. The Kier molecular flexibility index (Phi) is 7.42. The molecule has 2 aliphatic carbocycles. The summed E-state index contributed by atoms with van der Waals surface area (Å²) in [5, 5.41) is 24.5. The van der Waals surface area contributed by atoms with Crippen molar-refractivity contribution in [2.24, 2.45) is 4.99 Å². The van der Waals surface area contributed by atoms with Crippen LogP contribution in [-0.2, 0) is 17.6 Å². The summed E-state index contributed by atoms with van der Waals surface area (Å²) in [5.74, 6) is 0.370. The maximum Gasteiger partial charge on any atom is 0.168 e. The van der Waals surface area contributed by atoms with Gasteiger partial charge in [-0.1, -0.05) is 65.8 Å². The number of hydrogen-bond donors (Lipinski definition) is 2. The molecule has 2 N–H and O–H groups in total. The second kappa shape index (κ2) is 11.0. The first-order valence-electron chi connectivity index (χ1n) is 12.8. The summed E-state index contributed by atoms with van der Waals surface area (Å²) in [4.78, 5) is 30.6. The molecule has 2 aromatic carbocycles. The zero-order valence-electron chi connectivity index (χ0n) is 20.6. The summed E-state index contributed by atoms with van der Waals surface area (Å²) >= 11 is 0. The fraction of sp³-hybridized carbons (Fsp3) is 0.333. The number of hydrogen-bond acceptors (Lipinski definition) is 7. The summed E-state index contributed by atoms with van der Waals surface area (Å²) in [6, 6.07) is 19.7. The predicted molar refractivity (Wildman–Crippen MR) is 139 cm³/mol. The minimum atomic E-state index is -0.168. The lowest BCUT2D eigenvalue weighted by Crippen LogP contribution is -2.27. The van der Waals surface area contributed by atoms with Crippen molar-refractivity contribution in [2.45, 2.75) is 50.4 Å². The van der Waals surface area contributed by atoms with E-state index in [-0.39, 0.29) is 67.1 Å². The van der Waals surface area contributed by atoms with Gasteiger partial charge in [0, 0.05) is 37.8 Å². The molecule has 0 aliphatic heterocycles. The van der Waals surface area contributed by atoms with Crippen LogP contribution in [0.3, 0.4) is 0 Å². The molecule has 190 valence electrons. The van der Waals surface area contributed by atoms with Crippen LogP contribution in [0.1, 0.15) is 70.5 Å². The lowest BCUT2D eigenvalue weighted by atomic mass is 9.78. The Hall–Kier alpha value is -3.84. The van der Waals surface area contributed by atoms with Crippen molar-refractivity contribution in [1.82, 2.24) is 5.16 Å². The number of rotatable bonds is 7. The molecule has 1 fully saturated rings. The van der Waals surface area contributed by atoms with Crippen LogP contribution in [0.15, 0.2) is 81.5 Å². The molecule has 0 radical (unpaired) electrons. The standard InChI is InChI=1S/C30H30N2O5/c33-14-13-31-24-15-21(19-7-3-1-4-8-19)16-26(35)29(24)25(34)12-11-23-30-27(36)17-22(18-28(30)37-32-23)20-9-5-2-6-10-20/h1-10,21-22,33-34H,11-18H2/b29-25+,31-24?. The van der Waals surface area contributed by atoms with Gasteiger partial charge in [-0.25, -0.2) is 0 Å². The van der Waals surface area contributed by atoms with Gasteiger partial charge in [0.25, 0.3) is 0 Å². The number of carbonyl (C=O) groups excluding carboxylic acids is 2. The number of aliphatic hydroxyl groups is 2. The quantitative estimate of drug-likeness (QED) is 0.353. The monoisotopic (exact) mass is 498 g/mol. The number of aryl methyl sites for hydroxylation is 1. The average molecular weight is 499 g/mol. The van der Waals surface area contributed by atoms with Gasteiger partial charge in [-0.15, -0.1) is 0 Å². The van der Waals surface area contributed by atoms with Crippen molar-refractivity contribution in [3.63, 3.8) is 0 Å². The Bertz CT molecular complexity index is 1340. The predicted octanol–water partition coefficient (Wildman–Crippen LogP) is 4.91. The van der Waals surface area contributed by atoms with Crippen LogP contribution in [0.2, 0.25) is 0 Å². The summed E-state index contributed by atoms with van der Waals surface area (Å²) < 4.78 is 5.56. The zero-order valence-corrected chi connectivity index (χ0v) is 20.6. The van der Waals surface area contributed by atoms with Gasteiger partial charge in [-0.2, -0.15) is 0 Å². The van der Waals surface area contributed by atoms with E-state index in [1.807, 2.05) is 60.7 Å². The van der Waals surface area contributed by atoms with E-state index in [2.05, 4.69) is 10.1 Å². The van der Waals surface area contributed by atoms with E-state index in [1.54, 1.807) is 0 Å². The molecular weight excluding hydrogens is 468 g/mol. The Morgan fingerprint density at radius 1 is 0.892 bits per heavy atom. The average Bonchev–Trinajstić information content (AvgIpc) is 3.35. The molecule has 0 bridgehead atoms. The zero-order chi connectivity index (χ0) is 25.8. The SMILES string of the molecule is O=C1CC(c2ccccc2)CC(=NCCO)/C1=C(\O)CCc1noc2c1C(=O)CC(c1ccccc1)C2. The van der Waals surface area contributed by atoms with Crippen LogP contribution in [0.4, 0.5) is 0 Å². The number of ketones is 2. The van der Waals surface area contributed by atoms with Crippen molar-refractivity contribution < 1.29 is 24.3 Å². The van der Waals surface area contributed by atoms with E-state index in [4.69, 9.17) is 4.52 Å².